The van der Waals surface area contributed by atoms with Gasteiger partial charge in [-0.2, -0.15) is 0 Å². The van der Waals surface area contributed by atoms with E-state index < -0.39 is 17.7 Å². The summed E-state index contributed by atoms with van der Waals surface area (Å²) in [5.41, 5.74) is 3.12. The van der Waals surface area contributed by atoms with Crippen molar-refractivity contribution in [3.63, 3.8) is 0 Å². The Morgan fingerprint density at radius 1 is 1.09 bits per heavy atom. The summed E-state index contributed by atoms with van der Waals surface area (Å²) in [7, 11) is 1.62. The first-order valence-corrected chi connectivity index (χ1v) is 12.4. The maximum atomic E-state index is 13.3. The zero-order valence-electron chi connectivity index (χ0n) is 21.7. The molecule has 1 unspecified atom stereocenters. The van der Waals surface area contributed by atoms with Crippen LogP contribution in [0.1, 0.15) is 81.2 Å². The van der Waals surface area contributed by atoms with Crippen molar-refractivity contribution in [2.24, 2.45) is 0 Å². The number of aliphatic hydroxyl groups excluding tert-OH is 1. The number of carbonyl (C=O) groups is 2. The average Bonchev–Trinajstić information content (AvgIpc) is 3.10. The van der Waals surface area contributed by atoms with Crippen LogP contribution in [0.15, 0.2) is 42.0 Å². The molecule has 1 aliphatic rings. The smallest absolute Gasteiger partial charge is 0.295 e. The molecule has 2 aromatic carbocycles. The second-order valence-corrected chi connectivity index (χ2v) is 9.33. The van der Waals surface area contributed by atoms with Gasteiger partial charge >= 0.3 is 0 Å². The Labute approximate surface area is 208 Å². The zero-order valence-corrected chi connectivity index (χ0v) is 21.7. The third kappa shape index (κ3) is 5.37. The fraction of sp³-hybridized carbons (Fsp3) is 0.448. The molecule has 1 saturated heterocycles. The highest BCUT2D eigenvalue weighted by molar-refractivity contribution is 6.46. The molecule has 0 saturated carbocycles. The Balaban J connectivity index is 2.17. The number of ether oxygens (including phenoxy) is 2. The third-order valence-electron chi connectivity index (χ3n) is 6.42. The number of aryl methyl sites for hydroxylation is 1. The minimum absolute atomic E-state index is 0.122. The molecule has 0 aliphatic carbocycles. The molecular weight excluding hydrogens is 442 g/mol. The van der Waals surface area contributed by atoms with Gasteiger partial charge in [0.05, 0.1) is 25.3 Å². The van der Waals surface area contributed by atoms with Crippen molar-refractivity contribution < 1.29 is 24.2 Å². The quantitative estimate of drug-likeness (QED) is 0.252. The van der Waals surface area contributed by atoms with Crippen LogP contribution >= 0.6 is 0 Å². The minimum Gasteiger partial charge on any atom is -0.507 e. The second-order valence-electron chi connectivity index (χ2n) is 9.33. The molecule has 1 N–H and O–H groups in total. The number of hydrogen-bond donors (Lipinski definition) is 1. The lowest BCUT2D eigenvalue weighted by Crippen LogP contribution is -2.30. The highest BCUT2D eigenvalue weighted by Crippen LogP contribution is 2.41. The van der Waals surface area contributed by atoms with Crippen LogP contribution in [0.2, 0.25) is 0 Å². The maximum Gasteiger partial charge on any atom is 0.295 e. The van der Waals surface area contributed by atoms with Gasteiger partial charge < -0.3 is 19.5 Å². The molecule has 6 heteroatoms. The first-order valence-electron chi connectivity index (χ1n) is 12.4. The average molecular weight is 480 g/mol. The predicted molar refractivity (Wildman–Crippen MR) is 138 cm³/mol. The lowest BCUT2D eigenvalue weighted by Gasteiger charge is -2.25. The molecule has 0 radical (unpaired) electrons. The number of carbonyl (C=O) groups excluding carboxylic acids is 2. The molecule has 2 aromatic rings. The monoisotopic (exact) mass is 479 g/mol. The van der Waals surface area contributed by atoms with E-state index in [9.17, 15) is 14.7 Å². The third-order valence-corrected chi connectivity index (χ3v) is 6.42. The van der Waals surface area contributed by atoms with Crippen molar-refractivity contribution in [2.45, 2.75) is 65.8 Å². The summed E-state index contributed by atoms with van der Waals surface area (Å²) in [6.45, 7) is 11.1. The van der Waals surface area contributed by atoms with Crippen molar-refractivity contribution in [1.82, 2.24) is 4.90 Å². The fourth-order valence-electron chi connectivity index (χ4n) is 4.48. The van der Waals surface area contributed by atoms with Gasteiger partial charge in [-0.15, -0.1) is 0 Å². The topological polar surface area (TPSA) is 76.1 Å². The molecule has 1 fully saturated rings. The number of rotatable bonds is 10. The summed E-state index contributed by atoms with van der Waals surface area (Å²) in [4.78, 5) is 28.0. The standard InChI is InChI=1S/C29H37NO5/c1-7-9-14-30-26(20-10-12-21(13-11-20)35-15-8-2)25(28(32)29(30)33)27(31)23-17-22(18(3)4)24(34-6)16-19(23)5/h10-13,16-18,26,31H,7-9,14-15H2,1-6H3/b27-25+. The molecule has 35 heavy (non-hydrogen) atoms. The summed E-state index contributed by atoms with van der Waals surface area (Å²) in [6, 6.07) is 10.5. The van der Waals surface area contributed by atoms with Crippen LogP contribution in [-0.4, -0.2) is 42.0 Å². The van der Waals surface area contributed by atoms with E-state index in [-0.39, 0.29) is 17.3 Å². The largest absolute Gasteiger partial charge is 0.507 e. The number of methoxy groups -OCH3 is 1. The van der Waals surface area contributed by atoms with Crippen molar-refractivity contribution >= 4 is 17.4 Å². The van der Waals surface area contributed by atoms with Crippen LogP contribution < -0.4 is 9.47 Å². The van der Waals surface area contributed by atoms with Gasteiger partial charge in [0.1, 0.15) is 17.3 Å². The van der Waals surface area contributed by atoms with Gasteiger partial charge in [-0.25, -0.2) is 0 Å². The molecule has 1 amide bonds. The van der Waals surface area contributed by atoms with Crippen LogP contribution in [0, 0.1) is 6.92 Å². The summed E-state index contributed by atoms with van der Waals surface area (Å²) in [6.07, 6.45) is 2.55. The number of Topliss-reactive ketones (excluding diaryl/α,β-unsaturated/α-hetero) is 1. The molecule has 3 rings (SSSR count). The van der Waals surface area contributed by atoms with Crippen LogP contribution in [0.4, 0.5) is 0 Å². The first-order chi connectivity index (χ1) is 16.7. The van der Waals surface area contributed by atoms with E-state index in [1.807, 2.05) is 71.0 Å². The Hall–Kier alpha value is -3.28. The lowest BCUT2D eigenvalue weighted by atomic mass is 9.91. The normalized spacial score (nSPS) is 17.3. The number of benzene rings is 2. The van der Waals surface area contributed by atoms with Crippen molar-refractivity contribution in [2.75, 3.05) is 20.3 Å². The number of aliphatic hydroxyl groups is 1. The van der Waals surface area contributed by atoms with Crippen molar-refractivity contribution in [3.05, 3.63) is 64.2 Å². The molecule has 0 bridgehead atoms. The number of likely N-dealkylation sites (tertiary alicyclic amines) is 1. The van der Waals surface area contributed by atoms with Crippen LogP contribution in [0.25, 0.3) is 5.76 Å². The summed E-state index contributed by atoms with van der Waals surface area (Å²) >= 11 is 0. The Morgan fingerprint density at radius 3 is 2.34 bits per heavy atom. The van der Waals surface area contributed by atoms with E-state index >= 15 is 0 Å². The second kappa shape index (κ2) is 11.4. The molecular formula is C29H37NO5. The molecule has 0 aromatic heterocycles. The van der Waals surface area contributed by atoms with Gasteiger partial charge in [0, 0.05) is 12.1 Å². The van der Waals surface area contributed by atoms with Crippen molar-refractivity contribution in [1.29, 1.82) is 0 Å². The van der Waals surface area contributed by atoms with Crippen LogP contribution in [0.3, 0.4) is 0 Å². The van der Waals surface area contributed by atoms with E-state index in [0.717, 1.165) is 47.5 Å². The van der Waals surface area contributed by atoms with Crippen molar-refractivity contribution in [3.8, 4) is 11.5 Å². The first kappa shape index (κ1) is 26.3. The molecule has 6 nitrogen and oxygen atoms in total. The molecule has 1 heterocycles. The highest BCUT2D eigenvalue weighted by atomic mass is 16.5. The Bertz CT molecular complexity index is 1100. The SMILES string of the molecule is CCCCN1C(=O)C(=O)/C(=C(/O)c2cc(C(C)C)c(OC)cc2C)C1c1ccc(OCCC)cc1. The summed E-state index contributed by atoms with van der Waals surface area (Å²) < 4.78 is 11.2. The van der Waals surface area contributed by atoms with E-state index in [4.69, 9.17) is 9.47 Å². The number of nitrogens with zero attached hydrogens (tertiary/aromatic N) is 1. The van der Waals surface area contributed by atoms with E-state index in [2.05, 4.69) is 0 Å². The van der Waals surface area contributed by atoms with Crippen LogP contribution in [-0.2, 0) is 9.59 Å². The number of ketones is 1. The van der Waals surface area contributed by atoms with E-state index in [1.54, 1.807) is 12.0 Å². The number of hydrogen-bond acceptors (Lipinski definition) is 5. The van der Waals surface area contributed by atoms with Gasteiger partial charge in [0.2, 0.25) is 0 Å². The number of amides is 1. The Kier molecular flexibility index (Phi) is 8.60. The highest BCUT2D eigenvalue weighted by Gasteiger charge is 2.46. The van der Waals surface area contributed by atoms with Crippen LogP contribution in [0.5, 0.6) is 11.5 Å². The zero-order chi connectivity index (χ0) is 25.7. The molecule has 1 atom stereocenters. The summed E-state index contributed by atoms with van der Waals surface area (Å²) in [5.74, 6) is 0.226. The van der Waals surface area contributed by atoms with E-state index in [0.29, 0.717) is 18.7 Å². The van der Waals surface area contributed by atoms with Gasteiger partial charge in [0.15, 0.2) is 0 Å². The van der Waals surface area contributed by atoms with Gasteiger partial charge in [-0.05, 0) is 66.6 Å². The maximum absolute atomic E-state index is 13.3. The van der Waals surface area contributed by atoms with Gasteiger partial charge in [-0.1, -0.05) is 46.2 Å². The molecule has 0 spiro atoms. The summed E-state index contributed by atoms with van der Waals surface area (Å²) in [5, 5.41) is 11.5. The predicted octanol–water partition coefficient (Wildman–Crippen LogP) is 6.14. The van der Waals surface area contributed by atoms with E-state index in [1.165, 1.54) is 0 Å². The lowest BCUT2D eigenvalue weighted by molar-refractivity contribution is -0.139. The molecule has 1 aliphatic heterocycles. The molecule has 188 valence electrons. The van der Waals surface area contributed by atoms with Gasteiger partial charge in [-0.3, -0.25) is 9.59 Å². The number of unbranched alkanes of at least 4 members (excludes halogenated alkanes) is 1. The fourth-order valence-corrected chi connectivity index (χ4v) is 4.48. The van der Waals surface area contributed by atoms with Gasteiger partial charge in [0.25, 0.3) is 11.7 Å². The minimum atomic E-state index is -0.661. The Morgan fingerprint density at radius 2 is 1.77 bits per heavy atom.